The third-order valence-corrected chi connectivity index (χ3v) is 5.07. The van der Waals surface area contributed by atoms with Gasteiger partial charge in [-0.3, -0.25) is 9.89 Å². The second-order valence-electron chi connectivity index (χ2n) is 6.68. The highest BCUT2D eigenvalue weighted by atomic mass is 35.5. The molecule has 2 aromatic carbocycles. The van der Waals surface area contributed by atoms with Crippen molar-refractivity contribution < 1.29 is 13.6 Å². The summed E-state index contributed by atoms with van der Waals surface area (Å²) in [5.41, 5.74) is 1.75. The minimum absolute atomic E-state index is 0.0993. The zero-order valence-electron chi connectivity index (χ0n) is 14.8. The Morgan fingerprint density at radius 2 is 1.89 bits per heavy atom. The smallest absolute Gasteiger partial charge is 0.253 e. The number of anilines is 1. The number of amides is 1. The summed E-state index contributed by atoms with van der Waals surface area (Å²) < 4.78 is 26.5. The van der Waals surface area contributed by atoms with E-state index in [1.54, 1.807) is 12.1 Å². The van der Waals surface area contributed by atoms with Gasteiger partial charge in [-0.25, -0.2) is 8.78 Å². The molecule has 144 valence electrons. The van der Waals surface area contributed by atoms with Crippen LogP contribution in [-0.4, -0.2) is 35.2 Å². The van der Waals surface area contributed by atoms with Gasteiger partial charge in [-0.1, -0.05) is 11.6 Å². The van der Waals surface area contributed by atoms with Crippen LogP contribution in [0, 0.1) is 11.6 Å². The highest BCUT2D eigenvalue weighted by Crippen LogP contribution is 2.25. The van der Waals surface area contributed by atoms with Crippen molar-refractivity contribution in [2.45, 2.75) is 12.5 Å². The number of H-pyrrole nitrogens is 1. The Labute approximate surface area is 165 Å². The van der Waals surface area contributed by atoms with E-state index >= 15 is 0 Å². The normalized spacial score (nSPS) is 16.4. The first kappa shape index (κ1) is 18.4. The average Bonchev–Trinajstić information content (AvgIpc) is 3.34. The monoisotopic (exact) mass is 402 g/mol. The fourth-order valence-electron chi connectivity index (χ4n) is 3.27. The van der Waals surface area contributed by atoms with Crippen LogP contribution in [0.4, 0.5) is 14.6 Å². The molecule has 28 heavy (non-hydrogen) atoms. The first-order valence-electron chi connectivity index (χ1n) is 8.82. The zero-order valence-corrected chi connectivity index (χ0v) is 15.5. The average molecular weight is 403 g/mol. The number of benzene rings is 2. The number of aromatic nitrogens is 2. The van der Waals surface area contributed by atoms with E-state index in [-0.39, 0.29) is 22.4 Å². The van der Waals surface area contributed by atoms with Crippen LogP contribution < -0.4 is 10.2 Å². The summed E-state index contributed by atoms with van der Waals surface area (Å²) in [4.78, 5) is 14.4. The maximum absolute atomic E-state index is 13.4. The van der Waals surface area contributed by atoms with Crippen LogP contribution >= 0.6 is 11.6 Å². The Balaban J connectivity index is 1.41. The van der Waals surface area contributed by atoms with E-state index in [2.05, 4.69) is 15.5 Å². The van der Waals surface area contributed by atoms with Crippen LogP contribution in [0.5, 0.6) is 0 Å². The molecular weight excluding hydrogens is 386 g/mol. The molecule has 5 nitrogen and oxygen atoms in total. The van der Waals surface area contributed by atoms with Crippen molar-refractivity contribution in [2.75, 3.05) is 18.0 Å². The van der Waals surface area contributed by atoms with E-state index in [1.807, 2.05) is 11.0 Å². The molecule has 1 atom stereocenters. The lowest BCUT2D eigenvalue weighted by molar-refractivity contribution is 0.0940. The van der Waals surface area contributed by atoms with Gasteiger partial charge in [0.05, 0.1) is 16.3 Å². The van der Waals surface area contributed by atoms with E-state index in [0.29, 0.717) is 6.54 Å². The SMILES string of the molecule is O=C(N[C@@H]1CCN(c2cc(-c3ccc(F)cc3)[nH]n2)C1)c1cc(F)ccc1Cl. The fraction of sp³-hybridized carbons (Fsp3) is 0.200. The van der Waals surface area contributed by atoms with Gasteiger partial charge in [-0.2, -0.15) is 5.10 Å². The lowest BCUT2D eigenvalue weighted by Crippen LogP contribution is -2.37. The summed E-state index contributed by atoms with van der Waals surface area (Å²) in [6.45, 7) is 1.29. The van der Waals surface area contributed by atoms with Crippen molar-refractivity contribution >= 4 is 23.3 Å². The molecule has 1 fully saturated rings. The van der Waals surface area contributed by atoms with Crippen LogP contribution in [0.15, 0.2) is 48.5 Å². The van der Waals surface area contributed by atoms with Gasteiger partial charge in [-0.15, -0.1) is 0 Å². The maximum Gasteiger partial charge on any atom is 0.253 e. The zero-order chi connectivity index (χ0) is 19.7. The number of hydrogen-bond donors (Lipinski definition) is 2. The van der Waals surface area contributed by atoms with Crippen LogP contribution in [0.3, 0.4) is 0 Å². The van der Waals surface area contributed by atoms with Gasteiger partial charge in [-0.05, 0) is 54.4 Å². The van der Waals surface area contributed by atoms with Crippen LogP contribution in [0.2, 0.25) is 5.02 Å². The molecule has 2 N–H and O–H groups in total. The predicted octanol–water partition coefficient (Wildman–Crippen LogP) is 4.02. The number of carbonyl (C=O) groups excluding carboxylic acids is 1. The number of hydrogen-bond acceptors (Lipinski definition) is 3. The summed E-state index contributed by atoms with van der Waals surface area (Å²) in [5.74, 6) is -0.447. The van der Waals surface area contributed by atoms with Crippen LogP contribution in [0.25, 0.3) is 11.3 Å². The lowest BCUT2D eigenvalue weighted by Gasteiger charge is -2.16. The Hall–Kier alpha value is -2.93. The molecule has 0 saturated carbocycles. The second-order valence-corrected chi connectivity index (χ2v) is 7.08. The van der Waals surface area contributed by atoms with Crippen LogP contribution in [0.1, 0.15) is 16.8 Å². The van der Waals surface area contributed by atoms with Crippen molar-refractivity contribution in [3.8, 4) is 11.3 Å². The van der Waals surface area contributed by atoms with Gasteiger partial charge in [0.15, 0.2) is 5.82 Å². The van der Waals surface area contributed by atoms with Gasteiger partial charge in [0, 0.05) is 25.2 Å². The molecule has 0 aliphatic carbocycles. The van der Waals surface area contributed by atoms with E-state index in [0.717, 1.165) is 36.1 Å². The molecule has 0 radical (unpaired) electrons. The van der Waals surface area contributed by atoms with E-state index in [4.69, 9.17) is 11.6 Å². The Kier molecular flexibility index (Phi) is 5.00. The molecule has 0 bridgehead atoms. The minimum Gasteiger partial charge on any atom is -0.353 e. The highest BCUT2D eigenvalue weighted by molar-refractivity contribution is 6.33. The molecule has 8 heteroatoms. The van der Waals surface area contributed by atoms with Crippen molar-refractivity contribution in [2.24, 2.45) is 0 Å². The topological polar surface area (TPSA) is 61.0 Å². The summed E-state index contributed by atoms with van der Waals surface area (Å²) in [7, 11) is 0. The van der Waals surface area contributed by atoms with Crippen molar-refractivity contribution in [3.05, 3.63) is 70.8 Å². The molecule has 2 heterocycles. The van der Waals surface area contributed by atoms with E-state index in [1.165, 1.54) is 24.3 Å². The van der Waals surface area contributed by atoms with Crippen molar-refractivity contribution in [1.29, 1.82) is 0 Å². The molecule has 0 spiro atoms. The molecule has 1 aromatic heterocycles. The molecular formula is C20H17ClF2N4O. The van der Waals surface area contributed by atoms with Gasteiger partial charge < -0.3 is 10.2 Å². The highest BCUT2D eigenvalue weighted by Gasteiger charge is 2.26. The number of aromatic amines is 1. The van der Waals surface area contributed by atoms with Gasteiger partial charge >= 0.3 is 0 Å². The summed E-state index contributed by atoms with van der Waals surface area (Å²) in [5, 5.41) is 10.4. The number of nitrogens with zero attached hydrogens (tertiary/aromatic N) is 2. The second kappa shape index (κ2) is 7.59. The Bertz CT molecular complexity index is 1010. The van der Waals surface area contributed by atoms with Gasteiger partial charge in [0.1, 0.15) is 11.6 Å². The fourth-order valence-corrected chi connectivity index (χ4v) is 3.47. The van der Waals surface area contributed by atoms with Crippen molar-refractivity contribution in [3.63, 3.8) is 0 Å². The number of rotatable bonds is 4. The quantitative estimate of drug-likeness (QED) is 0.693. The van der Waals surface area contributed by atoms with E-state index in [9.17, 15) is 13.6 Å². The van der Waals surface area contributed by atoms with Crippen molar-refractivity contribution in [1.82, 2.24) is 15.5 Å². The standard InChI is InChI=1S/C20H17ClF2N4O/c21-17-6-5-14(23)9-16(17)20(28)24-15-7-8-27(11-15)19-10-18(25-26-19)12-1-3-13(22)4-2-12/h1-6,9-10,15H,7-8,11H2,(H,24,28)(H,25,26)/t15-/m1/s1. The molecule has 1 aliphatic heterocycles. The first-order chi connectivity index (χ1) is 13.5. The number of halogens is 3. The molecule has 1 saturated heterocycles. The number of carbonyl (C=O) groups is 1. The summed E-state index contributed by atoms with van der Waals surface area (Å²) in [6, 6.07) is 11.7. The van der Waals surface area contributed by atoms with Gasteiger partial charge in [0.2, 0.25) is 0 Å². The third kappa shape index (κ3) is 3.84. The molecule has 1 amide bonds. The Morgan fingerprint density at radius 3 is 2.68 bits per heavy atom. The summed E-state index contributed by atoms with van der Waals surface area (Å²) in [6.07, 6.45) is 0.734. The largest absolute Gasteiger partial charge is 0.353 e. The van der Waals surface area contributed by atoms with E-state index < -0.39 is 11.7 Å². The van der Waals surface area contributed by atoms with Crippen LogP contribution in [-0.2, 0) is 0 Å². The minimum atomic E-state index is -0.507. The molecule has 4 rings (SSSR count). The molecule has 3 aromatic rings. The molecule has 1 aliphatic rings. The predicted molar refractivity (Wildman–Crippen MR) is 103 cm³/mol. The maximum atomic E-state index is 13.4. The Morgan fingerprint density at radius 1 is 1.14 bits per heavy atom. The summed E-state index contributed by atoms with van der Waals surface area (Å²) >= 11 is 6.00. The van der Waals surface area contributed by atoms with Gasteiger partial charge in [0.25, 0.3) is 5.91 Å². The lowest BCUT2D eigenvalue weighted by atomic mass is 10.1. The first-order valence-corrected chi connectivity index (χ1v) is 9.19. The number of nitrogens with one attached hydrogen (secondary N) is 2. The molecule has 0 unspecified atom stereocenters. The third-order valence-electron chi connectivity index (χ3n) is 4.74.